The standard InChI is InChI=1S/C14H17ClN2O4/c1-14(2)8-17(5-6-21-14)13(20)16-9-3-4-11(15)10(7-9)12(18)19/h3-4,7H,5-6,8H2,1-2H3,(H,16,20)(H,18,19). The minimum atomic E-state index is -1.14. The third-order valence-electron chi connectivity index (χ3n) is 3.16. The van der Waals surface area contributed by atoms with Gasteiger partial charge in [-0.25, -0.2) is 9.59 Å². The summed E-state index contributed by atoms with van der Waals surface area (Å²) >= 11 is 5.79. The Hall–Kier alpha value is -1.79. The third kappa shape index (κ3) is 3.86. The van der Waals surface area contributed by atoms with Crippen molar-refractivity contribution in [2.45, 2.75) is 19.4 Å². The monoisotopic (exact) mass is 312 g/mol. The van der Waals surface area contributed by atoms with Gasteiger partial charge in [-0.15, -0.1) is 0 Å². The second kappa shape index (κ2) is 5.91. The van der Waals surface area contributed by atoms with E-state index in [4.69, 9.17) is 21.4 Å². The highest BCUT2D eigenvalue weighted by Crippen LogP contribution is 2.22. The molecule has 2 N–H and O–H groups in total. The van der Waals surface area contributed by atoms with Crippen molar-refractivity contribution in [1.29, 1.82) is 0 Å². The maximum absolute atomic E-state index is 12.2. The van der Waals surface area contributed by atoms with Crippen LogP contribution in [-0.4, -0.2) is 47.3 Å². The first kappa shape index (κ1) is 15.6. The Kier molecular flexibility index (Phi) is 4.39. The molecule has 1 saturated heterocycles. The van der Waals surface area contributed by atoms with Crippen LogP contribution in [0.5, 0.6) is 0 Å². The van der Waals surface area contributed by atoms with E-state index in [1.165, 1.54) is 12.1 Å². The van der Waals surface area contributed by atoms with Gasteiger partial charge in [-0.2, -0.15) is 0 Å². The molecule has 1 aliphatic rings. The molecule has 0 radical (unpaired) electrons. The lowest BCUT2D eigenvalue weighted by Gasteiger charge is -2.38. The first-order valence-electron chi connectivity index (χ1n) is 6.51. The van der Waals surface area contributed by atoms with Crippen LogP contribution in [0.2, 0.25) is 5.02 Å². The SMILES string of the molecule is CC1(C)CN(C(=O)Nc2ccc(Cl)c(C(=O)O)c2)CCO1. The number of carbonyl (C=O) groups excluding carboxylic acids is 1. The Morgan fingerprint density at radius 1 is 1.43 bits per heavy atom. The summed E-state index contributed by atoms with van der Waals surface area (Å²) in [6.45, 7) is 5.27. The minimum absolute atomic E-state index is 0.0447. The van der Waals surface area contributed by atoms with Gasteiger partial charge in [-0.05, 0) is 32.0 Å². The number of benzene rings is 1. The Morgan fingerprint density at radius 3 is 2.76 bits per heavy atom. The zero-order valence-electron chi connectivity index (χ0n) is 11.9. The van der Waals surface area contributed by atoms with Crippen LogP contribution in [-0.2, 0) is 4.74 Å². The maximum atomic E-state index is 12.2. The molecule has 21 heavy (non-hydrogen) atoms. The third-order valence-corrected chi connectivity index (χ3v) is 3.49. The Bertz CT molecular complexity index is 574. The molecule has 0 saturated carbocycles. The number of morpholine rings is 1. The van der Waals surface area contributed by atoms with Gasteiger partial charge < -0.3 is 20.1 Å². The second-order valence-electron chi connectivity index (χ2n) is 5.46. The van der Waals surface area contributed by atoms with Gasteiger partial charge in [0.25, 0.3) is 0 Å². The quantitative estimate of drug-likeness (QED) is 0.880. The van der Waals surface area contributed by atoms with Gasteiger partial charge in [0.05, 0.1) is 29.3 Å². The number of ether oxygens (including phenoxy) is 1. The van der Waals surface area contributed by atoms with E-state index in [-0.39, 0.29) is 22.2 Å². The number of carboxylic acids is 1. The molecular formula is C14H17ClN2O4. The van der Waals surface area contributed by atoms with Crippen LogP contribution in [0.15, 0.2) is 18.2 Å². The van der Waals surface area contributed by atoms with Crippen LogP contribution in [0.4, 0.5) is 10.5 Å². The number of hydrogen-bond donors (Lipinski definition) is 2. The number of urea groups is 1. The van der Waals surface area contributed by atoms with E-state index in [1.807, 2.05) is 13.8 Å². The van der Waals surface area contributed by atoms with Crippen LogP contribution in [0.1, 0.15) is 24.2 Å². The van der Waals surface area contributed by atoms with Crippen LogP contribution in [0.3, 0.4) is 0 Å². The number of anilines is 1. The van der Waals surface area contributed by atoms with Crippen LogP contribution in [0, 0.1) is 0 Å². The second-order valence-corrected chi connectivity index (χ2v) is 5.87. The summed E-state index contributed by atoms with van der Waals surface area (Å²) in [5, 5.41) is 11.8. The molecule has 1 heterocycles. The van der Waals surface area contributed by atoms with E-state index in [2.05, 4.69) is 5.32 Å². The molecule has 2 rings (SSSR count). The Labute approximate surface area is 127 Å². The van der Waals surface area contributed by atoms with E-state index in [1.54, 1.807) is 11.0 Å². The molecule has 0 bridgehead atoms. The van der Waals surface area contributed by atoms with E-state index in [0.29, 0.717) is 25.4 Å². The molecular weight excluding hydrogens is 296 g/mol. The smallest absolute Gasteiger partial charge is 0.337 e. The van der Waals surface area contributed by atoms with E-state index >= 15 is 0 Å². The minimum Gasteiger partial charge on any atom is -0.478 e. The molecule has 2 amide bonds. The number of nitrogens with one attached hydrogen (secondary N) is 1. The predicted molar refractivity (Wildman–Crippen MR) is 79.0 cm³/mol. The van der Waals surface area contributed by atoms with Crippen molar-refractivity contribution in [3.8, 4) is 0 Å². The normalized spacial score (nSPS) is 17.4. The molecule has 0 aromatic heterocycles. The summed E-state index contributed by atoms with van der Waals surface area (Å²) < 4.78 is 5.55. The van der Waals surface area contributed by atoms with Crippen molar-refractivity contribution in [2.24, 2.45) is 0 Å². The average Bonchev–Trinajstić information content (AvgIpc) is 2.39. The highest BCUT2D eigenvalue weighted by Gasteiger charge is 2.30. The molecule has 0 unspecified atom stereocenters. The van der Waals surface area contributed by atoms with E-state index in [0.717, 1.165) is 0 Å². The van der Waals surface area contributed by atoms with Gasteiger partial charge in [0.15, 0.2) is 0 Å². The number of carboxylic acid groups (broad SMARTS) is 1. The number of carbonyl (C=O) groups is 2. The van der Waals surface area contributed by atoms with Gasteiger partial charge in [-0.3, -0.25) is 0 Å². The molecule has 1 aromatic carbocycles. The van der Waals surface area contributed by atoms with Gasteiger partial charge >= 0.3 is 12.0 Å². The van der Waals surface area contributed by atoms with Crippen molar-refractivity contribution < 1.29 is 19.4 Å². The number of hydrogen-bond acceptors (Lipinski definition) is 3. The lowest BCUT2D eigenvalue weighted by Crippen LogP contribution is -2.51. The van der Waals surface area contributed by atoms with Gasteiger partial charge in [0.2, 0.25) is 0 Å². The Morgan fingerprint density at radius 2 is 2.14 bits per heavy atom. The fourth-order valence-corrected chi connectivity index (χ4v) is 2.36. The van der Waals surface area contributed by atoms with Crippen LogP contribution in [0.25, 0.3) is 0 Å². The molecule has 0 atom stereocenters. The van der Waals surface area contributed by atoms with Gasteiger partial charge in [0, 0.05) is 12.2 Å². The molecule has 0 spiro atoms. The first-order valence-corrected chi connectivity index (χ1v) is 6.89. The zero-order chi connectivity index (χ0) is 15.6. The van der Waals surface area contributed by atoms with Crippen LogP contribution >= 0.6 is 11.6 Å². The summed E-state index contributed by atoms with van der Waals surface area (Å²) in [5.74, 6) is -1.14. The summed E-state index contributed by atoms with van der Waals surface area (Å²) in [6, 6.07) is 4.07. The summed E-state index contributed by atoms with van der Waals surface area (Å²) in [5.41, 5.74) is -0.0372. The molecule has 7 heteroatoms. The fraction of sp³-hybridized carbons (Fsp3) is 0.429. The summed E-state index contributed by atoms with van der Waals surface area (Å²) in [7, 11) is 0. The number of aromatic carboxylic acids is 1. The maximum Gasteiger partial charge on any atom is 0.337 e. The highest BCUT2D eigenvalue weighted by atomic mass is 35.5. The number of nitrogens with zero attached hydrogens (tertiary/aromatic N) is 1. The lowest BCUT2D eigenvalue weighted by molar-refractivity contribution is -0.0720. The lowest BCUT2D eigenvalue weighted by atomic mass is 10.1. The predicted octanol–water partition coefficient (Wildman–Crippen LogP) is 2.68. The summed E-state index contributed by atoms with van der Waals surface area (Å²) in [4.78, 5) is 24.9. The number of rotatable bonds is 2. The van der Waals surface area contributed by atoms with Crippen LogP contribution < -0.4 is 5.32 Å². The fourth-order valence-electron chi connectivity index (χ4n) is 2.16. The summed E-state index contributed by atoms with van der Waals surface area (Å²) in [6.07, 6.45) is 0. The topological polar surface area (TPSA) is 78.9 Å². The first-order chi connectivity index (χ1) is 9.78. The molecule has 0 aliphatic carbocycles. The van der Waals surface area contributed by atoms with Crippen molar-refractivity contribution in [1.82, 2.24) is 4.90 Å². The molecule has 114 valence electrons. The number of amides is 2. The molecule has 6 nitrogen and oxygen atoms in total. The Balaban J connectivity index is 2.09. The zero-order valence-corrected chi connectivity index (χ0v) is 12.6. The van der Waals surface area contributed by atoms with E-state index < -0.39 is 5.97 Å². The van der Waals surface area contributed by atoms with Crippen molar-refractivity contribution >= 4 is 29.3 Å². The van der Waals surface area contributed by atoms with Gasteiger partial charge in [0.1, 0.15) is 0 Å². The molecule has 1 aliphatic heterocycles. The number of halogens is 1. The molecule has 1 fully saturated rings. The molecule has 1 aromatic rings. The van der Waals surface area contributed by atoms with Crippen molar-refractivity contribution in [3.05, 3.63) is 28.8 Å². The van der Waals surface area contributed by atoms with Gasteiger partial charge in [-0.1, -0.05) is 11.6 Å². The van der Waals surface area contributed by atoms with Crippen molar-refractivity contribution in [2.75, 3.05) is 25.0 Å². The average molecular weight is 313 g/mol. The van der Waals surface area contributed by atoms with Crippen molar-refractivity contribution in [3.63, 3.8) is 0 Å². The van der Waals surface area contributed by atoms with E-state index in [9.17, 15) is 9.59 Å². The highest BCUT2D eigenvalue weighted by molar-refractivity contribution is 6.33. The largest absolute Gasteiger partial charge is 0.478 e.